The number of carbonyl (C=O) groups excluding carboxylic acids is 6. The first kappa shape index (κ1) is 143. The SMILES string of the molecule is CCCCCCCCCCCOC(=O)CCCC(CN(CCCCN(C)C(=O)CN(C)CC(=O)N(C)CCCCN(CC(CCCCCC(=O)OC(CCCCCCCC)CCCCCCCC)O[Si](C)(C)C(C)(C)C)CC(CCCC(=O)OCCCCCCCCCCC)O[Si](C)(C)C(C)(C)C)CC(CCCCCC(=O)OC(CCCCCCCC)CCCCCCCC)O[Si](C)(C)C(C)(C)C)O[Si](C)(C)C(C)(C)C. The molecule has 4 unspecified atom stereocenters. The van der Waals surface area contributed by atoms with Crippen molar-refractivity contribution in [2.45, 2.75) is 658 Å². The van der Waals surface area contributed by atoms with Crippen LogP contribution in [0.3, 0.4) is 0 Å². The van der Waals surface area contributed by atoms with E-state index in [1.807, 2.05) is 35.8 Å². The number of esters is 4. The van der Waals surface area contributed by atoms with Gasteiger partial charge in [0.1, 0.15) is 12.2 Å². The van der Waals surface area contributed by atoms with E-state index in [1.165, 1.54) is 218 Å². The number of rotatable bonds is 100. The minimum atomic E-state index is -2.31. The molecule has 4 atom stereocenters. The van der Waals surface area contributed by atoms with Crippen molar-refractivity contribution in [2.24, 2.45) is 0 Å². The van der Waals surface area contributed by atoms with Crippen LogP contribution < -0.4 is 0 Å². The summed E-state index contributed by atoms with van der Waals surface area (Å²) in [5.74, 6) is -0.393. The fourth-order valence-corrected chi connectivity index (χ4v) is 24.2. The van der Waals surface area contributed by atoms with Gasteiger partial charge in [0.2, 0.25) is 11.8 Å². The van der Waals surface area contributed by atoms with Gasteiger partial charge in [0.15, 0.2) is 33.3 Å². The summed E-state index contributed by atoms with van der Waals surface area (Å²) in [6, 6.07) is 0. The monoisotopic (exact) mass is 2130 g/mol. The molecule has 0 radical (unpaired) electrons. The third-order valence-electron chi connectivity index (χ3n) is 32.8. The number of amides is 2. The van der Waals surface area contributed by atoms with Crippen molar-refractivity contribution < 1.29 is 65.4 Å². The highest BCUT2D eigenvalue weighted by Crippen LogP contribution is 2.43. The van der Waals surface area contributed by atoms with Crippen LogP contribution in [0, 0.1) is 0 Å². The topological polar surface area (TPSA) is 192 Å². The number of unbranched alkanes of at least 4 members (excludes halogenated alkanes) is 42. The van der Waals surface area contributed by atoms with Crippen LogP contribution in [0.1, 0.15) is 548 Å². The highest BCUT2D eigenvalue weighted by atomic mass is 28.4. The zero-order valence-electron chi connectivity index (χ0n) is 103. The molecule has 0 spiro atoms. The number of ether oxygens (including phenoxy) is 4. The average Bonchev–Trinajstić information content (AvgIpc) is 0.818. The van der Waals surface area contributed by atoms with Gasteiger partial charge in [-0.1, -0.05) is 381 Å². The summed E-state index contributed by atoms with van der Waals surface area (Å²) in [7, 11) is -3.52. The second-order valence-electron chi connectivity index (χ2n) is 51.3. The Kier molecular flexibility index (Phi) is 84.1. The zero-order chi connectivity index (χ0) is 110. The Labute approximate surface area is 910 Å². The van der Waals surface area contributed by atoms with E-state index >= 15 is 0 Å². The fraction of sp³-hybridized carbons (Fsp3) is 0.951. The van der Waals surface area contributed by atoms with Crippen molar-refractivity contribution in [3.63, 3.8) is 0 Å². The van der Waals surface area contributed by atoms with E-state index in [2.05, 4.69) is 187 Å². The van der Waals surface area contributed by atoms with Crippen LogP contribution >= 0.6 is 0 Å². The quantitative estimate of drug-likeness (QED) is 0.0241. The first-order valence-electron chi connectivity index (χ1n) is 62.1. The molecule has 0 aliphatic carbocycles. The number of carbonyl (C=O) groups is 6. The first-order valence-corrected chi connectivity index (χ1v) is 73.7. The van der Waals surface area contributed by atoms with Gasteiger partial charge in [0.05, 0.1) is 50.7 Å². The Balaban J connectivity index is 7.17. The summed E-state index contributed by atoms with van der Waals surface area (Å²) >= 11 is 0. The third kappa shape index (κ3) is 76.1. The van der Waals surface area contributed by atoms with Gasteiger partial charge < -0.3 is 46.5 Å². The van der Waals surface area contributed by atoms with E-state index in [-0.39, 0.29) is 106 Å². The highest BCUT2D eigenvalue weighted by Gasteiger charge is 2.44. The van der Waals surface area contributed by atoms with Gasteiger partial charge in [0.25, 0.3) is 0 Å². The standard InChI is InChI=1S/C123H249N5O14Si4/c1-30-36-42-48-54-56-58-64-80-100-135-116(131)94-82-90-112(141-145(26,27)122(13,14)15)104-127(102-110(139-143(22,23)120(7,8)9)88-72-66-74-92-118(133)137-108(84-68-60-50-44-38-32-3)85-69-61-51-45-39-33-4)98-78-76-96-125(20)114(129)106-124(19)107-115(130)126(21)97-77-79-99-128(105-113(142-146(28,29)123(16,17)18)91-83-95-117(132)136-101-81-65-59-57-55-49-43-37-31-2)103-111(140-144(24,25)121(10,11)12)89-73-67-75-93-119(134)138-109(86-70-62-52-46-40-34-5)87-71-63-53-47-41-35-6/h108-113H,30-107H2,1-29H3. The van der Waals surface area contributed by atoms with E-state index < -0.39 is 33.3 Å². The number of nitrogens with zero attached hydrogens (tertiary/aromatic N) is 5. The van der Waals surface area contributed by atoms with Gasteiger partial charge in [-0.15, -0.1) is 0 Å². The van der Waals surface area contributed by atoms with E-state index in [4.69, 9.17) is 36.7 Å². The van der Waals surface area contributed by atoms with Gasteiger partial charge in [-0.25, -0.2) is 0 Å². The smallest absolute Gasteiger partial charge is 0.306 e. The van der Waals surface area contributed by atoms with Crippen LogP contribution in [-0.2, 0) is 65.4 Å². The summed E-state index contributed by atoms with van der Waals surface area (Å²) in [6.07, 6.45) is 69.6. The van der Waals surface area contributed by atoms with Crippen molar-refractivity contribution in [2.75, 3.05) is 99.8 Å². The number of hydrogen-bond acceptors (Lipinski definition) is 17. The van der Waals surface area contributed by atoms with Crippen LogP contribution in [0.25, 0.3) is 0 Å². The lowest BCUT2D eigenvalue weighted by Gasteiger charge is -2.42. The van der Waals surface area contributed by atoms with Crippen molar-refractivity contribution in [1.82, 2.24) is 24.5 Å². The van der Waals surface area contributed by atoms with Crippen molar-refractivity contribution in [3.05, 3.63) is 0 Å². The molecule has 0 heterocycles. The third-order valence-corrected chi connectivity index (χ3v) is 50.9. The molecule has 0 aliphatic rings. The van der Waals surface area contributed by atoms with Crippen LogP contribution in [0.15, 0.2) is 0 Å². The Bertz CT molecular complexity index is 2920. The minimum Gasteiger partial charge on any atom is -0.466 e. The molecular weight excluding hydrogens is 1880 g/mol. The molecule has 0 aromatic rings. The lowest BCUT2D eigenvalue weighted by Crippen LogP contribution is -2.50. The fourth-order valence-electron chi connectivity index (χ4n) is 18.7. The normalized spacial score (nSPS) is 13.7. The molecule has 19 nitrogen and oxygen atoms in total. The van der Waals surface area contributed by atoms with Crippen molar-refractivity contribution >= 4 is 69.0 Å². The summed E-state index contributed by atoms with van der Waals surface area (Å²) in [6.45, 7) is 66.9. The molecule has 0 fully saturated rings. The Morgan fingerprint density at radius 2 is 0.418 bits per heavy atom. The Morgan fingerprint density at radius 1 is 0.226 bits per heavy atom. The summed E-state index contributed by atoms with van der Waals surface area (Å²) in [4.78, 5) is 93.9. The molecule has 0 N–H and O–H groups in total. The summed E-state index contributed by atoms with van der Waals surface area (Å²) < 4.78 is 54.4. The molecule has 2 amide bonds. The van der Waals surface area contributed by atoms with Crippen LogP contribution in [-0.4, -0.2) is 230 Å². The minimum absolute atomic E-state index is 0.00660. The Morgan fingerprint density at radius 3 is 0.651 bits per heavy atom. The second kappa shape index (κ2) is 85.6. The highest BCUT2D eigenvalue weighted by molar-refractivity contribution is 6.75. The molecule has 866 valence electrons. The lowest BCUT2D eigenvalue weighted by atomic mass is 10.0. The molecule has 0 saturated carbocycles. The predicted molar refractivity (Wildman–Crippen MR) is 634 cm³/mol. The van der Waals surface area contributed by atoms with Gasteiger partial charge in [0, 0.05) is 79.0 Å². The van der Waals surface area contributed by atoms with Crippen molar-refractivity contribution in [1.29, 1.82) is 0 Å². The zero-order valence-corrected chi connectivity index (χ0v) is 107. The Hall–Kier alpha value is -2.59. The maximum Gasteiger partial charge on any atom is 0.306 e. The predicted octanol–water partition coefficient (Wildman–Crippen LogP) is 34.8. The van der Waals surface area contributed by atoms with Gasteiger partial charge in [-0.05, 0) is 234 Å². The van der Waals surface area contributed by atoms with Crippen molar-refractivity contribution in [3.8, 4) is 0 Å². The van der Waals surface area contributed by atoms with E-state index in [9.17, 15) is 28.8 Å². The van der Waals surface area contributed by atoms with Gasteiger partial charge in [-0.3, -0.25) is 43.5 Å². The van der Waals surface area contributed by atoms with E-state index in [0.29, 0.717) is 77.9 Å². The molecule has 0 aromatic heterocycles. The summed E-state index contributed by atoms with van der Waals surface area (Å²) in [5, 5.41) is -0.100. The van der Waals surface area contributed by atoms with Crippen LogP contribution in [0.2, 0.25) is 72.5 Å². The number of hydrogen-bond donors (Lipinski definition) is 0. The molecule has 0 saturated heterocycles. The van der Waals surface area contributed by atoms with Gasteiger partial charge in [-0.2, -0.15) is 0 Å². The molecule has 0 aromatic carbocycles. The molecule has 23 heteroatoms. The molecule has 146 heavy (non-hydrogen) atoms. The molecule has 0 bridgehead atoms. The van der Waals surface area contributed by atoms with Crippen LogP contribution in [0.5, 0.6) is 0 Å². The van der Waals surface area contributed by atoms with Gasteiger partial charge >= 0.3 is 23.9 Å². The maximum absolute atomic E-state index is 14.4. The second-order valence-corrected chi connectivity index (χ2v) is 70.3. The van der Waals surface area contributed by atoms with E-state index in [0.717, 1.165) is 193 Å². The van der Waals surface area contributed by atoms with E-state index in [1.54, 1.807) is 0 Å². The molecule has 0 rings (SSSR count). The number of likely N-dealkylation sites (N-methyl/N-ethyl adjacent to an activating group) is 3. The van der Waals surface area contributed by atoms with Crippen LogP contribution in [0.4, 0.5) is 0 Å². The first-order chi connectivity index (χ1) is 69.0. The molecule has 0 aliphatic heterocycles. The average molecular weight is 2130 g/mol. The lowest BCUT2D eigenvalue weighted by molar-refractivity contribution is -0.151. The summed E-state index contributed by atoms with van der Waals surface area (Å²) in [5.41, 5.74) is 0. The maximum atomic E-state index is 14.4. The molecular formula is C123H249N5O14Si4. The largest absolute Gasteiger partial charge is 0.466 e.